The van der Waals surface area contributed by atoms with Crippen molar-refractivity contribution < 1.29 is 27.0 Å². The number of methoxy groups -OCH3 is 1. The fourth-order valence-electron chi connectivity index (χ4n) is 3.05. The van der Waals surface area contributed by atoms with E-state index in [1.54, 1.807) is 6.92 Å². The van der Waals surface area contributed by atoms with Gasteiger partial charge in [-0.1, -0.05) is 39.5 Å². The Labute approximate surface area is 184 Å². The first-order valence-corrected chi connectivity index (χ1v) is 13.4. The second-order valence-electron chi connectivity index (χ2n) is 7.77. The second-order valence-corrected chi connectivity index (χ2v) is 11.4. The van der Waals surface area contributed by atoms with Gasteiger partial charge in [-0.3, -0.25) is 4.55 Å². The van der Waals surface area contributed by atoms with Gasteiger partial charge in [0, 0.05) is 13.5 Å². The lowest BCUT2D eigenvalue weighted by molar-refractivity contribution is 0.0685. The number of hydrogen-bond acceptors (Lipinski definition) is 5. The first kappa shape index (κ1) is 29.1. The van der Waals surface area contributed by atoms with Gasteiger partial charge >= 0.3 is 22.6 Å². The van der Waals surface area contributed by atoms with Crippen molar-refractivity contribution in [3.05, 3.63) is 34.9 Å². The van der Waals surface area contributed by atoms with Crippen LogP contribution >= 0.6 is 7.80 Å². The van der Waals surface area contributed by atoms with E-state index in [2.05, 4.69) is 45.9 Å². The first-order valence-electron chi connectivity index (χ1n) is 10.5. The molecule has 0 fully saturated rings. The van der Waals surface area contributed by atoms with Gasteiger partial charge in [0.25, 0.3) is 0 Å². The van der Waals surface area contributed by atoms with Gasteiger partial charge in [0.05, 0.1) is 6.61 Å². The Bertz CT molecular complexity index is 720. The summed E-state index contributed by atoms with van der Waals surface area (Å²) in [4.78, 5) is 0. The third-order valence-electron chi connectivity index (χ3n) is 4.71. The predicted molar refractivity (Wildman–Crippen MR) is 125 cm³/mol. The van der Waals surface area contributed by atoms with Crippen molar-refractivity contribution in [3.8, 4) is 0 Å². The highest BCUT2D eigenvalue weighted by atomic mass is 32.2. The van der Waals surface area contributed by atoms with E-state index in [0.717, 1.165) is 25.7 Å². The molecule has 0 saturated heterocycles. The normalized spacial score (nSPS) is 15.6. The van der Waals surface area contributed by atoms with Crippen LogP contribution in [0.2, 0.25) is 0 Å². The van der Waals surface area contributed by atoms with Gasteiger partial charge in [-0.25, -0.2) is 0 Å². The van der Waals surface area contributed by atoms with Gasteiger partial charge < -0.3 is 9.47 Å². The first-order chi connectivity index (χ1) is 14.0. The van der Waals surface area contributed by atoms with Gasteiger partial charge in [0.1, 0.15) is 0 Å². The summed E-state index contributed by atoms with van der Waals surface area (Å²) in [6, 6.07) is 0. The molecule has 2 atom stereocenters. The van der Waals surface area contributed by atoms with Crippen molar-refractivity contribution in [2.45, 2.75) is 84.2 Å². The summed E-state index contributed by atoms with van der Waals surface area (Å²) in [5.41, 5.74) is 3.95. The minimum absolute atomic E-state index is 0.0265. The van der Waals surface area contributed by atoms with Crippen molar-refractivity contribution in [1.29, 1.82) is 0 Å². The van der Waals surface area contributed by atoms with Crippen molar-refractivity contribution in [3.63, 3.8) is 0 Å². The molecule has 0 rings (SSSR count). The Morgan fingerprint density at radius 2 is 1.53 bits per heavy atom. The van der Waals surface area contributed by atoms with Crippen LogP contribution in [-0.4, -0.2) is 37.7 Å². The highest BCUT2D eigenvalue weighted by molar-refractivity contribution is 7.93. The Kier molecular flexibility index (Phi) is 14.6. The number of rotatable bonds is 16. The fourth-order valence-corrected chi connectivity index (χ4v) is 6.02. The molecule has 0 aromatic carbocycles. The molecule has 0 spiro atoms. The topological polar surface area (TPSA) is 89.9 Å². The van der Waals surface area contributed by atoms with E-state index in [0.29, 0.717) is 12.8 Å². The lowest BCUT2D eigenvalue weighted by atomic mass is 10.1. The number of unbranched alkanes of at least 4 members (excludes halogenated alkanes) is 1. The number of ether oxygens (including phenoxy) is 2. The Balaban J connectivity index is 4.76. The van der Waals surface area contributed by atoms with Gasteiger partial charge in [0.15, 0.2) is 0 Å². The van der Waals surface area contributed by atoms with Gasteiger partial charge in [-0.2, -0.15) is 8.42 Å². The quantitative estimate of drug-likeness (QED) is 0.120. The van der Waals surface area contributed by atoms with E-state index in [1.807, 2.05) is 0 Å². The molecule has 2 unspecified atom stereocenters. The molecule has 8 heteroatoms. The van der Waals surface area contributed by atoms with E-state index in [4.69, 9.17) is 9.47 Å². The van der Waals surface area contributed by atoms with Crippen LogP contribution in [0.25, 0.3) is 0 Å². The van der Waals surface area contributed by atoms with Crippen molar-refractivity contribution in [2.75, 3.05) is 20.1 Å². The van der Waals surface area contributed by atoms with E-state index in [1.165, 1.54) is 23.8 Å². The molecule has 1 N–H and O–H groups in total. The molecule has 0 aromatic rings. The number of allylic oxidation sites excluding steroid dienone is 6. The summed E-state index contributed by atoms with van der Waals surface area (Å²) < 4.78 is 54.2. The minimum atomic E-state index is -4.67. The Morgan fingerprint density at radius 3 is 2.00 bits per heavy atom. The summed E-state index contributed by atoms with van der Waals surface area (Å²) in [6.07, 6.45) is 11.3. The summed E-state index contributed by atoms with van der Waals surface area (Å²) in [6.45, 7) is 10.1. The molecular weight excluding hydrogens is 423 g/mol. The SMILES string of the molecule is CCOC(CCCC=C(C)CCC=C(C)CCC=C(C)C)([P+](=O)COC)S(=O)(=O)O. The molecule has 30 heavy (non-hydrogen) atoms. The van der Waals surface area contributed by atoms with E-state index >= 15 is 0 Å². The molecule has 0 saturated carbocycles. The van der Waals surface area contributed by atoms with E-state index in [-0.39, 0.29) is 19.4 Å². The summed E-state index contributed by atoms with van der Waals surface area (Å²) >= 11 is 0. The third kappa shape index (κ3) is 11.0. The van der Waals surface area contributed by atoms with Crippen LogP contribution in [0.5, 0.6) is 0 Å². The molecule has 0 aliphatic carbocycles. The molecular formula is C22H40O6PS+. The average molecular weight is 464 g/mol. The van der Waals surface area contributed by atoms with Crippen LogP contribution in [0, 0.1) is 0 Å². The van der Waals surface area contributed by atoms with Crippen LogP contribution in [0.15, 0.2) is 34.9 Å². The van der Waals surface area contributed by atoms with Gasteiger partial charge in [-0.05, 0) is 73.1 Å². The molecule has 0 amide bonds. The summed E-state index contributed by atoms with van der Waals surface area (Å²) in [5, 5.41) is 0. The average Bonchev–Trinajstić information content (AvgIpc) is 2.63. The molecule has 0 aromatic heterocycles. The zero-order valence-corrected chi connectivity index (χ0v) is 21.2. The smallest absolute Gasteiger partial charge is 0.341 e. The van der Waals surface area contributed by atoms with Crippen LogP contribution < -0.4 is 0 Å². The van der Waals surface area contributed by atoms with Crippen molar-refractivity contribution in [1.82, 2.24) is 0 Å². The largest absolute Gasteiger partial charge is 0.421 e. The predicted octanol–water partition coefficient (Wildman–Crippen LogP) is 6.59. The summed E-state index contributed by atoms with van der Waals surface area (Å²) in [5.74, 6) is 0. The molecule has 6 nitrogen and oxygen atoms in total. The fraction of sp³-hybridized carbons (Fsp3) is 0.727. The highest BCUT2D eigenvalue weighted by Gasteiger charge is 2.60. The van der Waals surface area contributed by atoms with Crippen LogP contribution in [0.3, 0.4) is 0 Å². The highest BCUT2D eigenvalue weighted by Crippen LogP contribution is 2.47. The third-order valence-corrected chi connectivity index (χ3v) is 8.75. The molecule has 0 aliphatic heterocycles. The van der Waals surface area contributed by atoms with Crippen molar-refractivity contribution in [2.24, 2.45) is 0 Å². The molecule has 0 heterocycles. The molecule has 0 aliphatic rings. The maximum absolute atomic E-state index is 12.5. The number of hydrogen-bond donors (Lipinski definition) is 1. The van der Waals surface area contributed by atoms with Crippen LogP contribution in [-0.2, 0) is 24.2 Å². The Morgan fingerprint density at radius 1 is 1.00 bits per heavy atom. The maximum Gasteiger partial charge on any atom is 0.421 e. The zero-order chi connectivity index (χ0) is 23.2. The van der Waals surface area contributed by atoms with E-state index in [9.17, 15) is 17.5 Å². The lowest BCUT2D eigenvalue weighted by Gasteiger charge is -2.20. The van der Waals surface area contributed by atoms with Crippen LogP contribution in [0.4, 0.5) is 0 Å². The lowest BCUT2D eigenvalue weighted by Crippen LogP contribution is -2.38. The Hall–Kier alpha value is -0.850. The summed E-state index contributed by atoms with van der Waals surface area (Å²) in [7, 11) is -5.78. The zero-order valence-electron chi connectivity index (χ0n) is 19.4. The van der Waals surface area contributed by atoms with Gasteiger partial charge in [-0.15, -0.1) is 0 Å². The maximum atomic E-state index is 12.5. The van der Waals surface area contributed by atoms with Crippen LogP contribution in [0.1, 0.15) is 79.6 Å². The van der Waals surface area contributed by atoms with E-state index < -0.39 is 22.6 Å². The monoisotopic (exact) mass is 463 g/mol. The molecule has 174 valence electrons. The second kappa shape index (κ2) is 15.0. The van der Waals surface area contributed by atoms with Crippen molar-refractivity contribution >= 4 is 17.9 Å². The molecule has 0 bridgehead atoms. The standard InChI is InChI=1S/C22H39O6PS/c1-7-28-22(30(24,25)26,29(23)18-27-6)17-9-8-13-20(4)15-11-16-21(5)14-10-12-19(2)3/h12-13,16H,7-11,14-15,17-18H2,1-6H3/p+1. The molecule has 0 radical (unpaired) electrons. The van der Waals surface area contributed by atoms with Gasteiger partial charge in [0.2, 0.25) is 6.35 Å². The minimum Gasteiger partial charge on any atom is -0.341 e.